The molecule has 2 aromatic heterocycles. The Morgan fingerprint density at radius 1 is 1.22 bits per heavy atom. The number of thiazole rings is 1. The number of amides is 2. The van der Waals surface area contributed by atoms with Gasteiger partial charge in [-0.1, -0.05) is 30.3 Å². The molecule has 138 valence electrons. The number of nitrogens with one attached hydrogen (secondary N) is 1. The van der Waals surface area contributed by atoms with E-state index >= 15 is 0 Å². The molecular formula is C19H17N3O3S2. The van der Waals surface area contributed by atoms with Gasteiger partial charge in [0.25, 0.3) is 5.91 Å². The van der Waals surface area contributed by atoms with Gasteiger partial charge in [0, 0.05) is 16.7 Å². The molecule has 1 aliphatic heterocycles. The average molecular weight is 399 g/mol. The number of furan rings is 1. The van der Waals surface area contributed by atoms with Gasteiger partial charge >= 0.3 is 0 Å². The molecule has 0 bridgehead atoms. The van der Waals surface area contributed by atoms with Crippen molar-refractivity contribution in [1.29, 1.82) is 0 Å². The fourth-order valence-corrected chi connectivity index (χ4v) is 4.78. The fraction of sp³-hybridized carbons (Fsp3) is 0.211. The van der Waals surface area contributed by atoms with E-state index in [1.54, 1.807) is 40.1 Å². The highest BCUT2D eigenvalue weighted by molar-refractivity contribution is 7.99. The standard InChI is InChI=1S/C19H17N3O3S2/c23-17(15-11-26-12-22(15)19(24)16-7-4-8-25-16)20-9-14-10-27-18(21-14)13-5-2-1-3-6-13/h1-8,10,15H,9,11-12H2,(H,20,23). The number of carbonyl (C=O) groups excluding carboxylic acids is 2. The van der Waals surface area contributed by atoms with Crippen molar-refractivity contribution in [2.24, 2.45) is 0 Å². The molecule has 3 aromatic rings. The van der Waals surface area contributed by atoms with E-state index in [2.05, 4.69) is 10.3 Å². The summed E-state index contributed by atoms with van der Waals surface area (Å²) in [5.41, 5.74) is 1.87. The molecule has 0 spiro atoms. The van der Waals surface area contributed by atoms with Crippen LogP contribution in [0.25, 0.3) is 10.6 Å². The first-order chi connectivity index (χ1) is 13.2. The summed E-state index contributed by atoms with van der Waals surface area (Å²) in [6.45, 7) is 0.339. The Hall–Kier alpha value is -2.58. The van der Waals surface area contributed by atoms with Crippen LogP contribution in [-0.4, -0.2) is 39.4 Å². The summed E-state index contributed by atoms with van der Waals surface area (Å²) in [4.78, 5) is 31.2. The smallest absolute Gasteiger partial charge is 0.290 e. The van der Waals surface area contributed by atoms with Crippen LogP contribution in [0.3, 0.4) is 0 Å². The van der Waals surface area contributed by atoms with E-state index in [0.717, 1.165) is 16.3 Å². The quantitative estimate of drug-likeness (QED) is 0.713. The van der Waals surface area contributed by atoms with E-state index in [-0.39, 0.29) is 17.6 Å². The number of benzene rings is 1. The minimum absolute atomic E-state index is 0.172. The summed E-state index contributed by atoms with van der Waals surface area (Å²) in [6.07, 6.45) is 1.46. The number of hydrogen-bond acceptors (Lipinski definition) is 6. The van der Waals surface area contributed by atoms with Gasteiger partial charge in [-0.3, -0.25) is 9.59 Å². The lowest BCUT2D eigenvalue weighted by molar-refractivity contribution is -0.124. The second-order valence-corrected chi connectivity index (χ2v) is 7.85. The fourth-order valence-electron chi connectivity index (χ4n) is 2.80. The van der Waals surface area contributed by atoms with E-state index in [1.807, 2.05) is 35.7 Å². The predicted molar refractivity (Wildman–Crippen MR) is 105 cm³/mol. The molecule has 3 heterocycles. The Bertz CT molecular complexity index is 925. The molecule has 1 atom stereocenters. The number of hydrogen-bond donors (Lipinski definition) is 1. The molecule has 1 unspecified atom stereocenters. The molecule has 1 N–H and O–H groups in total. The zero-order chi connectivity index (χ0) is 18.6. The van der Waals surface area contributed by atoms with Gasteiger partial charge in [-0.05, 0) is 12.1 Å². The van der Waals surface area contributed by atoms with Crippen LogP contribution in [-0.2, 0) is 11.3 Å². The van der Waals surface area contributed by atoms with Crippen molar-refractivity contribution in [1.82, 2.24) is 15.2 Å². The number of rotatable bonds is 5. The number of nitrogens with zero attached hydrogens (tertiary/aromatic N) is 2. The zero-order valence-corrected chi connectivity index (χ0v) is 16.0. The molecule has 0 radical (unpaired) electrons. The van der Waals surface area contributed by atoms with E-state index in [9.17, 15) is 9.59 Å². The van der Waals surface area contributed by atoms with E-state index in [4.69, 9.17) is 4.42 Å². The summed E-state index contributed by atoms with van der Waals surface area (Å²) in [5, 5.41) is 5.77. The van der Waals surface area contributed by atoms with Crippen molar-refractivity contribution < 1.29 is 14.0 Å². The predicted octanol–water partition coefficient (Wildman–Crippen LogP) is 3.23. The molecule has 4 rings (SSSR count). The third kappa shape index (κ3) is 3.91. The van der Waals surface area contributed by atoms with Gasteiger partial charge in [-0.15, -0.1) is 23.1 Å². The van der Waals surface area contributed by atoms with Crippen LogP contribution in [0.4, 0.5) is 0 Å². The molecule has 1 saturated heterocycles. The topological polar surface area (TPSA) is 75.4 Å². The SMILES string of the molecule is O=C(NCc1csc(-c2ccccc2)n1)C1CSCN1C(=O)c1ccco1. The van der Waals surface area contributed by atoms with Crippen molar-refractivity contribution in [3.05, 3.63) is 65.6 Å². The van der Waals surface area contributed by atoms with Gasteiger partial charge in [-0.2, -0.15) is 0 Å². The third-order valence-electron chi connectivity index (χ3n) is 4.19. The van der Waals surface area contributed by atoms with Crippen molar-refractivity contribution in [3.63, 3.8) is 0 Å². The Morgan fingerprint density at radius 2 is 2.07 bits per heavy atom. The van der Waals surface area contributed by atoms with E-state index < -0.39 is 6.04 Å². The lowest BCUT2D eigenvalue weighted by atomic mass is 10.2. The van der Waals surface area contributed by atoms with Gasteiger partial charge in [0.15, 0.2) is 5.76 Å². The highest BCUT2D eigenvalue weighted by atomic mass is 32.2. The maximum atomic E-state index is 12.6. The maximum Gasteiger partial charge on any atom is 0.290 e. The second kappa shape index (κ2) is 7.98. The second-order valence-electron chi connectivity index (χ2n) is 6.00. The van der Waals surface area contributed by atoms with Crippen LogP contribution in [0, 0.1) is 0 Å². The zero-order valence-electron chi connectivity index (χ0n) is 14.3. The highest BCUT2D eigenvalue weighted by Crippen LogP contribution is 2.25. The van der Waals surface area contributed by atoms with E-state index in [0.29, 0.717) is 18.2 Å². The van der Waals surface area contributed by atoms with Crippen LogP contribution in [0.1, 0.15) is 16.2 Å². The summed E-state index contributed by atoms with van der Waals surface area (Å²) in [7, 11) is 0. The van der Waals surface area contributed by atoms with Crippen LogP contribution < -0.4 is 5.32 Å². The van der Waals surface area contributed by atoms with Crippen LogP contribution in [0.5, 0.6) is 0 Å². The Morgan fingerprint density at radius 3 is 2.85 bits per heavy atom. The lowest BCUT2D eigenvalue weighted by Gasteiger charge is -2.21. The highest BCUT2D eigenvalue weighted by Gasteiger charge is 2.36. The largest absolute Gasteiger partial charge is 0.459 e. The summed E-state index contributed by atoms with van der Waals surface area (Å²) >= 11 is 3.10. The van der Waals surface area contributed by atoms with Crippen molar-refractivity contribution >= 4 is 34.9 Å². The van der Waals surface area contributed by atoms with Crippen LogP contribution in [0.15, 0.2) is 58.5 Å². The summed E-state index contributed by atoms with van der Waals surface area (Å²) < 4.78 is 5.17. The summed E-state index contributed by atoms with van der Waals surface area (Å²) in [5.74, 6) is 0.874. The lowest BCUT2D eigenvalue weighted by Crippen LogP contribution is -2.47. The minimum Gasteiger partial charge on any atom is -0.459 e. The first-order valence-corrected chi connectivity index (χ1v) is 10.5. The molecule has 27 heavy (non-hydrogen) atoms. The molecule has 0 aliphatic carbocycles. The van der Waals surface area contributed by atoms with Crippen LogP contribution in [0.2, 0.25) is 0 Å². The molecule has 8 heteroatoms. The number of aromatic nitrogens is 1. The minimum atomic E-state index is -0.500. The molecular weight excluding hydrogens is 382 g/mol. The van der Waals surface area contributed by atoms with Gasteiger partial charge in [-0.25, -0.2) is 4.98 Å². The van der Waals surface area contributed by atoms with Gasteiger partial charge < -0.3 is 14.6 Å². The van der Waals surface area contributed by atoms with Crippen molar-refractivity contribution in [2.75, 3.05) is 11.6 Å². The van der Waals surface area contributed by atoms with Crippen molar-refractivity contribution in [2.45, 2.75) is 12.6 Å². The summed E-state index contributed by atoms with van der Waals surface area (Å²) in [6, 6.07) is 12.7. The molecule has 1 aromatic carbocycles. The molecule has 1 fully saturated rings. The first kappa shape index (κ1) is 17.8. The van der Waals surface area contributed by atoms with Gasteiger partial charge in [0.2, 0.25) is 5.91 Å². The van der Waals surface area contributed by atoms with Crippen LogP contribution >= 0.6 is 23.1 Å². The number of carbonyl (C=O) groups is 2. The molecule has 1 aliphatic rings. The normalized spacial score (nSPS) is 16.4. The Balaban J connectivity index is 1.38. The molecule has 6 nitrogen and oxygen atoms in total. The molecule has 0 saturated carbocycles. The van der Waals surface area contributed by atoms with E-state index in [1.165, 1.54) is 6.26 Å². The number of thioether (sulfide) groups is 1. The van der Waals surface area contributed by atoms with Gasteiger partial charge in [0.1, 0.15) is 11.0 Å². The Kier molecular flexibility index (Phi) is 5.26. The monoisotopic (exact) mass is 399 g/mol. The third-order valence-corrected chi connectivity index (χ3v) is 6.15. The maximum absolute atomic E-state index is 12.6. The van der Waals surface area contributed by atoms with Crippen molar-refractivity contribution in [3.8, 4) is 10.6 Å². The molecule has 2 amide bonds. The average Bonchev–Trinajstić information content (AvgIpc) is 3.47. The first-order valence-electron chi connectivity index (χ1n) is 8.42. The van der Waals surface area contributed by atoms with Gasteiger partial charge in [0.05, 0.1) is 24.4 Å². The Labute approximate surface area is 164 Å².